The Labute approximate surface area is 145 Å². The molecule has 2 amide bonds. The Bertz CT molecular complexity index is 669. The van der Waals surface area contributed by atoms with E-state index in [1.54, 1.807) is 22.2 Å². The van der Waals surface area contributed by atoms with Crippen LogP contribution >= 0.6 is 0 Å². The summed E-state index contributed by atoms with van der Waals surface area (Å²) in [4.78, 5) is 31.9. The van der Waals surface area contributed by atoms with Gasteiger partial charge >= 0.3 is 0 Å². The average Bonchev–Trinajstić information content (AvgIpc) is 3.38. The minimum Gasteiger partial charge on any atom is -0.363 e. The number of hydrogen-bond acceptors (Lipinski definition) is 4. The largest absolute Gasteiger partial charge is 0.363 e. The Balaban J connectivity index is 1.39. The standard InChI is InChI=1S/C18H22FN3O3/c19-18(3-4-18)16(24)21-8-5-17(6-9-21)13-22(15(23)12-25-17)11-14-2-1-7-20-10-14/h1-2,7,10H,3-6,8-9,11-13H2. The summed E-state index contributed by atoms with van der Waals surface area (Å²) in [6.07, 6.45) is 5.41. The highest BCUT2D eigenvalue weighted by Crippen LogP contribution is 2.42. The number of pyridine rings is 1. The zero-order chi connectivity index (χ0) is 17.5. The minimum atomic E-state index is -1.61. The Morgan fingerprint density at radius 1 is 1.28 bits per heavy atom. The molecule has 1 aromatic heterocycles. The van der Waals surface area contributed by atoms with E-state index in [9.17, 15) is 14.0 Å². The molecule has 3 heterocycles. The predicted octanol–water partition coefficient (Wildman–Crippen LogP) is 1.30. The Morgan fingerprint density at radius 2 is 2.04 bits per heavy atom. The van der Waals surface area contributed by atoms with E-state index in [4.69, 9.17) is 4.74 Å². The number of morpholine rings is 1. The molecule has 1 saturated carbocycles. The van der Waals surface area contributed by atoms with Crippen LogP contribution < -0.4 is 0 Å². The molecule has 7 heteroatoms. The van der Waals surface area contributed by atoms with Gasteiger partial charge in [-0.05, 0) is 37.3 Å². The lowest BCUT2D eigenvalue weighted by Gasteiger charge is -2.47. The quantitative estimate of drug-likeness (QED) is 0.827. The minimum absolute atomic E-state index is 0.0336. The van der Waals surface area contributed by atoms with E-state index < -0.39 is 11.3 Å². The third-order valence-electron chi connectivity index (χ3n) is 5.46. The molecule has 0 radical (unpaired) electrons. The van der Waals surface area contributed by atoms with E-state index in [0.717, 1.165) is 5.56 Å². The van der Waals surface area contributed by atoms with Crippen molar-refractivity contribution in [2.24, 2.45) is 0 Å². The van der Waals surface area contributed by atoms with Crippen LogP contribution in [0.3, 0.4) is 0 Å². The first-order valence-electron chi connectivity index (χ1n) is 8.79. The van der Waals surface area contributed by atoms with Crippen LogP contribution in [-0.2, 0) is 20.9 Å². The van der Waals surface area contributed by atoms with E-state index in [1.165, 1.54) is 0 Å². The van der Waals surface area contributed by atoms with Crippen LogP contribution in [0.15, 0.2) is 24.5 Å². The fraction of sp³-hybridized carbons (Fsp3) is 0.611. The predicted molar refractivity (Wildman–Crippen MR) is 87.2 cm³/mol. The van der Waals surface area contributed by atoms with Crippen LogP contribution in [0.25, 0.3) is 0 Å². The van der Waals surface area contributed by atoms with Crippen molar-refractivity contribution >= 4 is 11.8 Å². The van der Waals surface area contributed by atoms with E-state index in [1.807, 2.05) is 12.1 Å². The van der Waals surface area contributed by atoms with Crippen molar-refractivity contribution in [1.82, 2.24) is 14.8 Å². The summed E-state index contributed by atoms with van der Waals surface area (Å²) >= 11 is 0. The zero-order valence-electron chi connectivity index (χ0n) is 14.1. The molecule has 1 aromatic rings. The lowest BCUT2D eigenvalue weighted by Crippen LogP contribution is -2.59. The summed E-state index contributed by atoms with van der Waals surface area (Å²) in [5.41, 5.74) is -1.06. The van der Waals surface area contributed by atoms with Gasteiger partial charge < -0.3 is 14.5 Å². The average molecular weight is 347 g/mol. The topological polar surface area (TPSA) is 62.7 Å². The van der Waals surface area contributed by atoms with Gasteiger partial charge in [0.1, 0.15) is 6.61 Å². The van der Waals surface area contributed by atoms with Crippen LogP contribution in [0.1, 0.15) is 31.2 Å². The van der Waals surface area contributed by atoms with Crippen molar-refractivity contribution < 1.29 is 18.7 Å². The maximum absolute atomic E-state index is 14.0. The van der Waals surface area contributed by atoms with E-state index in [0.29, 0.717) is 51.9 Å². The highest BCUT2D eigenvalue weighted by molar-refractivity contribution is 5.88. The summed E-state index contributed by atoms with van der Waals surface area (Å²) in [5, 5.41) is 0. The molecule has 3 fully saturated rings. The van der Waals surface area contributed by atoms with Gasteiger partial charge in [0, 0.05) is 32.0 Å². The number of nitrogens with zero attached hydrogens (tertiary/aromatic N) is 3. The fourth-order valence-electron chi connectivity index (χ4n) is 3.67. The molecule has 0 bridgehead atoms. The van der Waals surface area contributed by atoms with E-state index in [2.05, 4.69) is 4.98 Å². The van der Waals surface area contributed by atoms with Crippen molar-refractivity contribution in [1.29, 1.82) is 0 Å². The molecular weight excluding hydrogens is 325 g/mol. The number of carbonyl (C=O) groups excluding carboxylic acids is 2. The molecule has 4 rings (SSSR count). The van der Waals surface area contributed by atoms with Gasteiger partial charge in [-0.25, -0.2) is 4.39 Å². The number of rotatable bonds is 3. The van der Waals surface area contributed by atoms with Gasteiger partial charge in [0.15, 0.2) is 5.67 Å². The lowest BCUT2D eigenvalue weighted by atomic mass is 9.88. The Morgan fingerprint density at radius 3 is 2.68 bits per heavy atom. The zero-order valence-corrected chi connectivity index (χ0v) is 14.1. The van der Waals surface area contributed by atoms with Crippen LogP contribution in [0.4, 0.5) is 4.39 Å². The normalized spacial score (nSPS) is 24.4. The number of piperidine rings is 1. The van der Waals surface area contributed by atoms with E-state index >= 15 is 0 Å². The maximum atomic E-state index is 14.0. The number of hydrogen-bond donors (Lipinski definition) is 0. The van der Waals surface area contributed by atoms with Crippen LogP contribution in [0, 0.1) is 0 Å². The molecule has 0 atom stereocenters. The summed E-state index contributed by atoms with van der Waals surface area (Å²) in [7, 11) is 0. The fourth-order valence-corrected chi connectivity index (χ4v) is 3.67. The summed E-state index contributed by atoms with van der Waals surface area (Å²) in [6, 6.07) is 3.80. The van der Waals surface area contributed by atoms with Crippen molar-refractivity contribution in [2.75, 3.05) is 26.2 Å². The monoisotopic (exact) mass is 347 g/mol. The van der Waals surface area contributed by atoms with Gasteiger partial charge in [0.25, 0.3) is 5.91 Å². The first-order chi connectivity index (χ1) is 12.0. The lowest BCUT2D eigenvalue weighted by molar-refractivity contribution is -0.175. The molecule has 3 aliphatic rings. The Hall–Kier alpha value is -2.02. The number of carbonyl (C=O) groups is 2. The third-order valence-corrected chi connectivity index (χ3v) is 5.46. The number of halogens is 1. The smallest absolute Gasteiger partial charge is 0.260 e. The van der Waals surface area contributed by atoms with Crippen molar-refractivity contribution in [3.05, 3.63) is 30.1 Å². The van der Waals surface area contributed by atoms with Gasteiger partial charge in [0.2, 0.25) is 5.91 Å². The number of amides is 2. The molecule has 2 aliphatic heterocycles. The SMILES string of the molecule is O=C1COC2(CCN(C(=O)C3(F)CC3)CC2)CN1Cc1cccnc1. The molecule has 1 spiro atoms. The molecule has 0 unspecified atom stereocenters. The summed E-state index contributed by atoms with van der Waals surface area (Å²) in [5.74, 6) is -0.407. The van der Waals surface area contributed by atoms with Crippen LogP contribution in [-0.4, -0.2) is 64.1 Å². The molecule has 2 saturated heterocycles. The molecule has 0 N–H and O–H groups in total. The second-order valence-corrected chi connectivity index (χ2v) is 7.34. The van der Waals surface area contributed by atoms with Crippen molar-refractivity contribution in [3.8, 4) is 0 Å². The molecule has 1 aliphatic carbocycles. The van der Waals surface area contributed by atoms with E-state index in [-0.39, 0.29) is 18.4 Å². The second-order valence-electron chi connectivity index (χ2n) is 7.34. The molecule has 0 aromatic carbocycles. The molecular formula is C18H22FN3O3. The third kappa shape index (κ3) is 3.25. The second kappa shape index (κ2) is 6.05. The van der Waals surface area contributed by atoms with Gasteiger partial charge in [-0.2, -0.15) is 0 Å². The molecule has 6 nitrogen and oxygen atoms in total. The Kier molecular flexibility index (Phi) is 3.98. The summed E-state index contributed by atoms with van der Waals surface area (Å²) < 4.78 is 19.9. The molecule has 25 heavy (non-hydrogen) atoms. The van der Waals surface area contributed by atoms with Gasteiger partial charge in [0.05, 0.1) is 12.1 Å². The summed E-state index contributed by atoms with van der Waals surface area (Å²) in [6.45, 7) is 2.04. The number of likely N-dealkylation sites (tertiary alicyclic amines) is 1. The number of aromatic nitrogens is 1. The first kappa shape index (κ1) is 16.4. The van der Waals surface area contributed by atoms with Crippen LogP contribution in [0.5, 0.6) is 0 Å². The van der Waals surface area contributed by atoms with Crippen molar-refractivity contribution in [3.63, 3.8) is 0 Å². The van der Waals surface area contributed by atoms with Gasteiger partial charge in [-0.15, -0.1) is 0 Å². The highest BCUT2D eigenvalue weighted by atomic mass is 19.1. The number of alkyl halides is 1. The molecule has 134 valence electrons. The highest BCUT2D eigenvalue weighted by Gasteiger charge is 2.54. The maximum Gasteiger partial charge on any atom is 0.260 e. The van der Waals surface area contributed by atoms with Gasteiger partial charge in [-0.1, -0.05) is 6.07 Å². The van der Waals surface area contributed by atoms with Gasteiger partial charge in [-0.3, -0.25) is 14.6 Å². The number of ether oxygens (including phenoxy) is 1. The van der Waals surface area contributed by atoms with Crippen LogP contribution in [0.2, 0.25) is 0 Å². The first-order valence-corrected chi connectivity index (χ1v) is 8.79. The van der Waals surface area contributed by atoms with Crippen molar-refractivity contribution in [2.45, 2.75) is 43.5 Å².